The molecule has 0 spiro atoms. The molecular weight excluding hydrogens is 496 g/mol. The fourth-order valence-corrected chi connectivity index (χ4v) is 6.97. The zero-order valence-electron chi connectivity index (χ0n) is 21.1. The van der Waals surface area contributed by atoms with E-state index in [-0.39, 0.29) is 28.3 Å². The van der Waals surface area contributed by atoms with Crippen molar-refractivity contribution in [3.05, 3.63) is 124 Å². The van der Waals surface area contributed by atoms with Crippen molar-refractivity contribution < 1.29 is 18.3 Å². The highest BCUT2D eigenvalue weighted by atomic mass is 32.2. The lowest BCUT2D eigenvalue weighted by Gasteiger charge is -2.38. The van der Waals surface area contributed by atoms with E-state index < -0.39 is 16.0 Å². The van der Waals surface area contributed by atoms with Gasteiger partial charge in [0.2, 0.25) is 0 Å². The van der Waals surface area contributed by atoms with Gasteiger partial charge < -0.3 is 10.4 Å². The molecule has 2 aliphatic rings. The zero-order valence-corrected chi connectivity index (χ0v) is 21.9. The van der Waals surface area contributed by atoms with Crippen LogP contribution in [0.25, 0.3) is 0 Å². The number of hydrogen-bond acceptors (Lipinski definition) is 4. The molecule has 3 atom stereocenters. The Bertz CT molecular complexity index is 1680. The minimum atomic E-state index is -3.79. The first-order chi connectivity index (χ1) is 18.2. The maximum absolute atomic E-state index is 13.4. The Morgan fingerprint density at radius 1 is 0.895 bits per heavy atom. The van der Waals surface area contributed by atoms with Crippen molar-refractivity contribution in [1.29, 1.82) is 0 Å². The number of rotatable bonds is 5. The molecule has 6 rings (SSSR count). The Hall–Kier alpha value is -4.10. The number of carboxylic acids is 1. The Morgan fingerprint density at radius 2 is 1.66 bits per heavy atom. The van der Waals surface area contributed by atoms with E-state index >= 15 is 0 Å². The van der Waals surface area contributed by atoms with E-state index in [0.717, 1.165) is 34.4 Å². The van der Waals surface area contributed by atoms with Crippen molar-refractivity contribution in [2.24, 2.45) is 5.92 Å². The van der Waals surface area contributed by atoms with Crippen LogP contribution in [0.4, 0.5) is 11.4 Å². The third kappa shape index (κ3) is 4.13. The van der Waals surface area contributed by atoms with Gasteiger partial charge in [-0.15, -0.1) is 0 Å². The van der Waals surface area contributed by atoms with E-state index in [4.69, 9.17) is 0 Å². The molecule has 6 nitrogen and oxygen atoms in total. The van der Waals surface area contributed by atoms with Crippen LogP contribution in [0.1, 0.15) is 55.7 Å². The predicted molar refractivity (Wildman–Crippen MR) is 148 cm³/mol. The lowest BCUT2D eigenvalue weighted by atomic mass is 9.75. The molecular formula is C31H28N2O4S. The summed E-state index contributed by atoms with van der Waals surface area (Å²) >= 11 is 0. The Kier molecular flexibility index (Phi) is 5.76. The third-order valence-corrected chi connectivity index (χ3v) is 9.34. The van der Waals surface area contributed by atoms with Gasteiger partial charge in [-0.1, -0.05) is 42.5 Å². The molecule has 0 saturated heterocycles. The van der Waals surface area contributed by atoms with E-state index in [1.807, 2.05) is 56.3 Å². The molecule has 0 bridgehead atoms. The summed E-state index contributed by atoms with van der Waals surface area (Å²) in [5, 5.41) is 13.0. The molecule has 0 aromatic heterocycles. The Balaban J connectivity index is 1.41. The summed E-state index contributed by atoms with van der Waals surface area (Å²) in [4.78, 5) is 11.6. The van der Waals surface area contributed by atoms with Crippen LogP contribution in [0, 0.1) is 19.8 Å². The molecule has 38 heavy (non-hydrogen) atoms. The van der Waals surface area contributed by atoms with Gasteiger partial charge in [0.15, 0.2) is 0 Å². The second-order valence-electron chi connectivity index (χ2n) is 10.2. The van der Waals surface area contributed by atoms with Crippen LogP contribution < -0.4 is 10.0 Å². The maximum Gasteiger partial charge on any atom is 0.335 e. The van der Waals surface area contributed by atoms with Crippen molar-refractivity contribution in [3.63, 3.8) is 0 Å². The average molecular weight is 525 g/mol. The van der Waals surface area contributed by atoms with Gasteiger partial charge in [0, 0.05) is 17.3 Å². The van der Waals surface area contributed by atoms with Gasteiger partial charge in [-0.25, -0.2) is 13.2 Å². The van der Waals surface area contributed by atoms with Gasteiger partial charge in [0.1, 0.15) is 0 Å². The van der Waals surface area contributed by atoms with Crippen LogP contribution in [0.15, 0.2) is 89.8 Å². The first-order valence-electron chi connectivity index (χ1n) is 12.6. The molecule has 3 unspecified atom stereocenters. The van der Waals surface area contributed by atoms with Crippen LogP contribution in [0.5, 0.6) is 0 Å². The molecule has 1 aliphatic heterocycles. The summed E-state index contributed by atoms with van der Waals surface area (Å²) in [6, 6.07) is 26.1. The minimum absolute atomic E-state index is 0.0170. The van der Waals surface area contributed by atoms with Gasteiger partial charge in [0.25, 0.3) is 10.0 Å². The summed E-state index contributed by atoms with van der Waals surface area (Å²) in [7, 11) is -3.79. The molecule has 7 heteroatoms. The molecule has 192 valence electrons. The minimum Gasteiger partial charge on any atom is -0.478 e. The number of carbonyl (C=O) groups is 1. The summed E-state index contributed by atoms with van der Waals surface area (Å²) in [5.74, 6) is -0.780. The zero-order chi connectivity index (χ0) is 26.6. The highest BCUT2D eigenvalue weighted by Crippen LogP contribution is 2.54. The summed E-state index contributed by atoms with van der Waals surface area (Å²) in [6.07, 6.45) is 0.844. The smallest absolute Gasteiger partial charge is 0.335 e. The molecule has 0 saturated carbocycles. The number of sulfonamides is 1. The standard InChI is InChI=1S/C31H28N2O4S/c1-18-7-12-23(15-19(18)2)33-38(36,37)24-13-14-28-26(17-24)29-25-6-4-3-5-22(25)16-27(29)30(32-28)20-8-10-21(11-9-20)31(34)35/h3-15,17,27,29-30,32-33H,16H2,1-2H3,(H,34,35). The van der Waals surface area contributed by atoms with Crippen molar-refractivity contribution >= 4 is 27.4 Å². The quantitative estimate of drug-likeness (QED) is 0.286. The molecule has 0 radical (unpaired) electrons. The maximum atomic E-state index is 13.4. The van der Waals surface area contributed by atoms with E-state index in [1.54, 1.807) is 30.3 Å². The second-order valence-corrected chi connectivity index (χ2v) is 11.9. The normalized spacial score (nSPS) is 19.6. The highest BCUT2D eigenvalue weighted by molar-refractivity contribution is 7.92. The van der Waals surface area contributed by atoms with Crippen LogP contribution >= 0.6 is 0 Å². The van der Waals surface area contributed by atoms with Crippen LogP contribution in [-0.2, 0) is 16.4 Å². The first kappa shape index (κ1) is 24.2. The number of aryl methyl sites for hydroxylation is 2. The molecule has 0 amide bonds. The van der Waals surface area contributed by atoms with Crippen molar-refractivity contribution in [3.8, 4) is 0 Å². The molecule has 1 heterocycles. The Labute approximate surface area is 222 Å². The molecule has 0 fully saturated rings. The summed E-state index contributed by atoms with van der Waals surface area (Å²) in [5.41, 5.74) is 8.24. The van der Waals surface area contributed by atoms with Crippen molar-refractivity contribution in [2.45, 2.75) is 37.1 Å². The largest absolute Gasteiger partial charge is 0.478 e. The van der Waals surface area contributed by atoms with Crippen LogP contribution in [-0.4, -0.2) is 19.5 Å². The number of nitrogens with one attached hydrogen (secondary N) is 2. The van der Waals surface area contributed by atoms with Gasteiger partial charge in [0.05, 0.1) is 16.5 Å². The number of carboxylic acid groups (broad SMARTS) is 1. The van der Waals surface area contributed by atoms with Gasteiger partial charge in [-0.2, -0.15) is 0 Å². The van der Waals surface area contributed by atoms with E-state index in [0.29, 0.717) is 5.69 Å². The molecule has 3 N–H and O–H groups in total. The van der Waals surface area contributed by atoms with E-state index in [9.17, 15) is 18.3 Å². The monoisotopic (exact) mass is 524 g/mol. The summed E-state index contributed by atoms with van der Waals surface area (Å²) < 4.78 is 29.6. The fraction of sp³-hybridized carbons (Fsp3) is 0.194. The predicted octanol–water partition coefficient (Wildman–Crippen LogP) is 6.27. The third-order valence-electron chi connectivity index (χ3n) is 7.96. The number of aromatic carboxylic acids is 1. The lowest BCUT2D eigenvalue weighted by molar-refractivity contribution is 0.0697. The number of fused-ring (bicyclic) bond motifs is 5. The van der Waals surface area contributed by atoms with Gasteiger partial charge in [-0.3, -0.25) is 4.72 Å². The van der Waals surface area contributed by atoms with E-state index in [2.05, 4.69) is 22.2 Å². The van der Waals surface area contributed by atoms with Crippen LogP contribution in [0.2, 0.25) is 0 Å². The van der Waals surface area contributed by atoms with Crippen LogP contribution in [0.3, 0.4) is 0 Å². The van der Waals surface area contributed by atoms with Gasteiger partial charge in [-0.05, 0) is 102 Å². The molecule has 1 aliphatic carbocycles. The number of benzene rings is 4. The fourth-order valence-electron chi connectivity index (χ4n) is 5.89. The Morgan fingerprint density at radius 3 is 2.39 bits per heavy atom. The topological polar surface area (TPSA) is 95.5 Å². The van der Waals surface area contributed by atoms with Gasteiger partial charge >= 0.3 is 5.97 Å². The van der Waals surface area contributed by atoms with Crippen molar-refractivity contribution in [1.82, 2.24) is 0 Å². The second kappa shape index (κ2) is 9.03. The molecule has 4 aromatic carbocycles. The van der Waals surface area contributed by atoms with E-state index in [1.165, 1.54) is 11.1 Å². The molecule has 4 aromatic rings. The number of anilines is 2. The first-order valence-corrected chi connectivity index (χ1v) is 14.1. The van der Waals surface area contributed by atoms with Crippen molar-refractivity contribution in [2.75, 3.05) is 10.0 Å². The highest BCUT2D eigenvalue weighted by Gasteiger charge is 2.43. The average Bonchev–Trinajstić information content (AvgIpc) is 3.30. The SMILES string of the molecule is Cc1ccc(NS(=O)(=O)c2ccc3c(c2)C2c4ccccc4CC2C(c2ccc(C(=O)O)cc2)N3)cc1C. The lowest BCUT2D eigenvalue weighted by Crippen LogP contribution is -2.30. The number of hydrogen-bond donors (Lipinski definition) is 3. The summed E-state index contributed by atoms with van der Waals surface area (Å²) in [6.45, 7) is 3.95.